The number of rotatable bonds is 7. The molecule has 2 N–H and O–H groups in total. The fourth-order valence-electron chi connectivity index (χ4n) is 2.31. The Hall–Kier alpha value is -2.26. The molecule has 1 atom stereocenters. The SMILES string of the molecule is CCOC(=O)C(NC(=O)C[C@@H]1Sc2ccc(Cl)cc2NC1=O)C(=O)OCC. The lowest BCUT2D eigenvalue weighted by molar-refractivity contribution is -0.159. The van der Waals surface area contributed by atoms with Gasteiger partial charge in [0.05, 0.1) is 24.2 Å². The van der Waals surface area contributed by atoms with Crippen molar-refractivity contribution >= 4 is 52.8 Å². The number of anilines is 1. The first-order chi connectivity index (χ1) is 12.8. The second-order valence-corrected chi connectivity index (χ2v) is 7.13. The van der Waals surface area contributed by atoms with Gasteiger partial charge in [-0.1, -0.05) is 11.6 Å². The molecule has 0 bridgehead atoms. The van der Waals surface area contributed by atoms with E-state index in [9.17, 15) is 19.2 Å². The van der Waals surface area contributed by atoms with Gasteiger partial charge in [0.2, 0.25) is 17.9 Å². The minimum atomic E-state index is -1.57. The van der Waals surface area contributed by atoms with Gasteiger partial charge in [-0.15, -0.1) is 11.8 Å². The highest BCUT2D eigenvalue weighted by molar-refractivity contribution is 8.01. The Balaban J connectivity index is 2.04. The molecule has 27 heavy (non-hydrogen) atoms. The molecule has 1 heterocycles. The van der Waals surface area contributed by atoms with Crippen molar-refractivity contribution in [2.45, 2.75) is 36.5 Å². The lowest BCUT2D eigenvalue weighted by atomic mass is 10.2. The van der Waals surface area contributed by atoms with Gasteiger partial charge in [-0.05, 0) is 32.0 Å². The maximum absolute atomic E-state index is 12.3. The summed E-state index contributed by atoms with van der Waals surface area (Å²) in [6.45, 7) is 3.25. The molecular formula is C17H19ClN2O6S. The van der Waals surface area contributed by atoms with Gasteiger partial charge in [-0.2, -0.15) is 0 Å². The number of carbonyl (C=O) groups is 4. The summed E-state index contributed by atoms with van der Waals surface area (Å²) in [6.07, 6.45) is -0.228. The minimum absolute atomic E-state index is 0.0465. The van der Waals surface area contributed by atoms with Crippen LogP contribution in [-0.2, 0) is 28.7 Å². The van der Waals surface area contributed by atoms with Crippen molar-refractivity contribution in [3.8, 4) is 0 Å². The molecule has 0 spiro atoms. The summed E-state index contributed by atoms with van der Waals surface area (Å²) in [7, 11) is 0. The molecule has 1 aliphatic heterocycles. The average Bonchev–Trinajstić information content (AvgIpc) is 2.61. The molecule has 1 aliphatic rings. The number of thioether (sulfide) groups is 1. The van der Waals surface area contributed by atoms with Crippen molar-refractivity contribution in [1.29, 1.82) is 0 Å². The number of carbonyl (C=O) groups excluding carboxylic acids is 4. The van der Waals surface area contributed by atoms with Gasteiger partial charge in [0.25, 0.3) is 0 Å². The maximum Gasteiger partial charge on any atom is 0.340 e. The summed E-state index contributed by atoms with van der Waals surface area (Å²) >= 11 is 7.10. The summed E-state index contributed by atoms with van der Waals surface area (Å²) in [6, 6.07) is 3.47. The first-order valence-corrected chi connectivity index (χ1v) is 9.51. The number of halogens is 1. The van der Waals surface area contributed by atoms with Crippen LogP contribution in [0.4, 0.5) is 5.69 Å². The van der Waals surface area contributed by atoms with Crippen LogP contribution >= 0.6 is 23.4 Å². The number of nitrogens with one attached hydrogen (secondary N) is 2. The highest BCUT2D eigenvalue weighted by atomic mass is 35.5. The monoisotopic (exact) mass is 414 g/mol. The van der Waals surface area contributed by atoms with Crippen molar-refractivity contribution in [2.75, 3.05) is 18.5 Å². The second-order valence-electron chi connectivity index (χ2n) is 5.44. The Morgan fingerprint density at radius 2 is 1.85 bits per heavy atom. The number of benzene rings is 1. The van der Waals surface area contributed by atoms with Crippen LogP contribution in [0.5, 0.6) is 0 Å². The molecule has 1 aromatic carbocycles. The Labute approximate surface area is 165 Å². The second kappa shape index (κ2) is 9.61. The fourth-order valence-corrected chi connectivity index (χ4v) is 3.57. The Bertz CT molecular complexity index is 739. The summed E-state index contributed by atoms with van der Waals surface area (Å²) in [5.74, 6) is -2.84. The zero-order chi connectivity index (χ0) is 20.0. The first-order valence-electron chi connectivity index (χ1n) is 8.25. The van der Waals surface area contributed by atoms with E-state index in [1.807, 2.05) is 0 Å². The highest BCUT2D eigenvalue weighted by Crippen LogP contribution is 2.38. The van der Waals surface area contributed by atoms with E-state index >= 15 is 0 Å². The highest BCUT2D eigenvalue weighted by Gasteiger charge is 2.34. The molecule has 2 amide bonds. The predicted octanol–water partition coefficient (Wildman–Crippen LogP) is 1.75. The average molecular weight is 415 g/mol. The molecule has 0 saturated carbocycles. The van der Waals surface area contributed by atoms with Gasteiger partial charge >= 0.3 is 11.9 Å². The van der Waals surface area contributed by atoms with Gasteiger partial charge in [0.1, 0.15) is 0 Å². The lowest BCUT2D eigenvalue weighted by Gasteiger charge is -2.24. The van der Waals surface area contributed by atoms with E-state index in [4.69, 9.17) is 21.1 Å². The van der Waals surface area contributed by atoms with E-state index < -0.39 is 29.1 Å². The van der Waals surface area contributed by atoms with E-state index in [0.717, 1.165) is 4.90 Å². The zero-order valence-electron chi connectivity index (χ0n) is 14.7. The topological polar surface area (TPSA) is 111 Å². The van der Waals surface area contributed by atoms with Crippen LogP contribution in [0.3, 0.4) is 0 Å². The van der Waals surface area contributed by atoms with Crippen LogP contribution in [0.15, 0.2) is 23.1 Å². The van der Waals surface area contributed by atoms with Gasteiger partial charge in [0, 0.05) is 16.3 Å². The van der Waals surface area contributed by atoms with Gasteiger partial charge in [0.15, 0.2) is 0 Å². The first kappa shape index (κ1) is 21.0. The van der Waals surface area contributed by atoms with Crippen LogP contribution in [0.1, 0.15) is 20.3 Å². The standard InChI is InChI=1S/C17H19ClN2O6S/c1-3-25-16(23)14(17(24)26-4-2)20-13(21)8-12-15(22)19-10-7-9(18)5-6-11(10)27-12/h5-7,12,14H,3-4,8H2,1-2H3,(H,19,22)(H,20,21)/t12-/m0/s1. The molecule has 0 fully saturated rings. The van der Waals surface area contributed by atoms with Crippen molar-refractivity contribution < 1.29 is 28.7 Å². The molecule has 1 aromatic rings. The summed E-state index contributed by atoms with van der Waals surface area (Å²) < 4.78 is 9.58. The maximum atomic E-state index is 12.3. The van der Waals surface area contributed by atoms with Crippen LogP contribution in [0, 0.1) is 0 Å². The van der Waals surface area contributed by atoms with Crippen molar-refractivity contribution in [2.24, 2.45) is 0 Å². The Morgan fingerprint density at radius 3 is 2.44 bits per heavy atom. The summed E-state index contributed by atoms with van der Waals surface area (Å²) in [5, 5.41) is 4.74. The van der Waals surface area contributed by atoms with E-state index in [1.165, 1.54) is 11.8 Å². The fraction of sp³-hybridized carbons (Fsp3) is 0.412. The largest absolute Gasteiger partial charge is 0.464 e. The molecule has 2 rings (SSSR count). The molecule has 146 valence electrons. The molecule has 8 nitrogen and oxygen atoms in total. The third kappa shape index (κ3) is 5.61. The molecule has 0 aromatic heterocycles. The van der Waals surface area contributed by atoms with E-state index in [2.05, 4.69) is 10.6 Å². The summed E-state index contributed by atoms with van der Waals surface area (Å²) in [5.41, 5.74) is 0.574. The predicted molar refractivity (Wildman–Crippen MR) is 99.5 cm³/mol. The van der Waals surface area contributed by atoms with Gasteiger partial charge < -0.3 is 20.1 Å². The number of fused-ring (bicyclic) bond motifs is 1. The Kier molecular flexibility index (Phi) is 7.49. The van der Waals surface area contributed by atoms with Gasteiger partial charge in [-0.25, -0.2) is 9.59 Å². The number of esters is 2. The molecule has 0 aliphatic carbocycles. The van der Waals surface area contributed by atoms with E-state index in [0.29, 0.717) is 10.7 Å². The zero-order valence-corrected chi connectivity index (χ0v) is 16.3. The van der Waals surface area contributed by atoms with Crippen LogP contribution in [-0.4, -0.2) is 48.3 Å². The number of ether oxygens (including phenoxy) is 2. The lowest BCUT2D eigenvalue weighted by Crippen LogP contribution is -2.49. The third-order valence-electron chi connectivity index (χ3n) is 3.48. The minimum Gasteiger partial charge on any atom is -0.464 e. The van der Waals surface area contributed by atoms with Crippen molar-refractivity contribution in [3.05, 3.63) is 23.2 Å². The van der Waals surface area contributed by atoms with Crippen LogP contribution in [0.25, 0.3) is 0 Å². The Morgan fingerprint density at radius 1 is 1.22 bits per heavy atom. The van der Waals surface area contributed by atoms with Gasteiger partial charge in [-0.3, -0.25) is 9.59 Å². The smallest absolute Gasteiger partial charge is 0.340 e. The molecule has 0 radical (unpaired) electrons. The van der Waals surface area contributed by atoms with Crippen molar-refractivity contribution in [1.82, 2.24) is 5.32 Å². The summed E-state index contributed by atoms with van der Waals surface area (Å²) in [4.78, 5) is 49.1. The van der Waals surface area contributed by atoms with Crippen LogP contribution in [0.2, 0.25) is 5.02 Å². The van der Waals surface area contributed by atoms with E-state index in [1.54, 1.807) is 32.0 Å². The van der Waals surface area contributed by atoms with Crippen molar-refractivity contribution in [3.63, 3.8) is 0 Å². The van der Waals surface area contributed by atoms with E-state index in [-0.39, 0.29) is 25.5 Å². The third-order valence-corrected chi connectivity index (χ3v) is 4.99. The molecule has 10 heteroatoms. The number of hydrogen-bond acceptors (Lipinski definition) is 7. The molecular weight excluding hydrogens is 396 g/mol. The number of hydrogen-bond donors (Lipinski definition) is 2. The normalized spacial score (nSPS) is 15.6. The molecule has 0 saturated heterocycles. The number of amides is 2. The molecule has 0 unspecified atom stereocenters. The van der Waals surface area contributed by atoms with Crippen LogP contribution < -0.4 is 10.6 Å². The quantitative estimate of drug-likeness (QED) is 0.516.